The monoisotopic (exact) mass is 308 g/mol. The number of hydrogen-bond donors (Lipinski definition) is 1. The van der Waals surface area contributed by atoms with E-state index in [1.165, 1.54) is 12.1 Å². The smallest absolute Gasteiger partial charge is 0.312 e. The lowest BCUT2D eigenvalue weighted by Gasteiger charge is -2.07. The van der Waals surface area contributed by atoms with Gasteiger partial charge in [-0.1, -0.05) is 12.1 Å². The molecule has 0 unspecified atom stereocenters. The Bertz CT molecular complexity index is 1020. The van der Waals surface area contributed by atoms with Gasteiger partial charge in [0.05, 0.1) is 27.3 Å². The SMILES string of the molecule is N#Cc1ccc(Oc2n[nH]c(=O)c3ccccc23)c([N+](=O)[O-])c1. The van der Waals surface area contributed by atoms with Crippen molar-refractivity contribution in [1.82, 2.24) is 10.2 Å². The van der Waals surface area contributed by atoms with Crippen molar-refractivity contribution in [3.63, 3.8) is 0 Å². The number of H-pyrrole nitrogens is 1. The molecule has 0 spiro atoms. The molecule has 2 aromatic carbocycles. The maximum absolute atomic E-state index is 11.7. The lowest BCUT2D eigenvalue weighted by Crippen LogP contribution is -2.09. The van der Waals surface area contributed by atoms with Crippen LogP contribution in [-0.2, 0) is 0 Å². The first kappa shape index (κ1) is 14.2. The number of nitro groups is 1. The molecular weight excluding hydrogens is 300 g/mol. The second-order valence-electron chi connectivity index (χ2n) is 4.56. The van der Waals surface area contributed by atoms with Crippen molar-refractivity contribution < 1.29 is 9.66 Å². The van der Waals surface area contributed by atoms with Gasteiger partial charge in [-0.25, -0.2) is 5.10 Å². The van der Waals surface area contributed by atoms with Gasteiger partial charge in [0.2, 0.25) is 11.6 Å². The van der Waals surface area contributed by atoms with E-state index in [1.54, 1.807) is 24.3 Å². The normalized spacial score (nSPS) is 10.2. The van der Waals surface area contributed by atoms with Crippen molar-refractivity contribution in [3.05, 3.63) is 68.5 Å². The van der Waals surface area contributed by atoms with Gasteiger partial charge >= 0.3 is 5.69 Å². The lowest BCUT2D eigenvalue weighted by molar-refractivity contribution is -0.385. The van der Waals surface area contributed by atoms with Crippen molar-refractivity contribution in [2.45, 2.75) is 0 Å². The van der Waals surface area contributed by atoms with Crippen LogP contribution in [0.3, 0.4) is 0 Å². The molecule has 0 aliphatic carbocycles. The molecule has 112 valence electrons. The molecule has 0 amide bonds. The highest BCUT2D eigenvalue weighted by molar-refractivity contribution is 5.86. The van der Waals surface area contributed by atoms with E-state index in [9.17, 15) is 14.9 Å². The third kappa shape index (κ3) is 2.58. The Labute approximate surface area is 128 Å². The molecule has 0 bridgehead atoms. The molecule has 3 rings (SSSR count). The maximum Gasteiger partial charge on any atom is 0.312 e. The first-order valence-electron chi connectivity index (χ1n) is 6.44. The van der Waals surface area contributed by atoms with E-state index < -0.39 is 4.92 Å². The molecule has 0 fully saturated rings. The number of rotatable bonds is 3. The molecule has 0 saturated carbocycles. The predicted molar refractivity (Wildman–Crippen MR) is 80.2 cm³/mol. The number of nitrogens with zero attached hydrogens (tertiary/aromatic N) is 3. The van der Waals surface area contributed by atoms with Crippen LogP contribution in [0.15, 0.2) is 47.3 Å². The number of ether oxygens (including phenoxy) is 1. The summed E-state index contributed by atoms with van der Waals surface area (Å²) in [5, 5.41) is 26.8. The minimum absolute atomic E-state index is 0.0352. The second-order valence-corrected chi connectivity index (χ2v) is 4.56. The van der Waals surface area contributed by atoms with Crippen LogP contribution in [-0.4, -0.2) is 15.1 Å². The molecule has 0 aliphatic rings. The molecule has 0 saturated heterocycles. The Morgan fingerprint density at radius 3 is 2.65 bits per heavy atom. The summed E-state index contributed by atoms with van der Waals surface area (Å²) in [5.74, 6) is -0.0355. The molecule has 8 nitrogen and oxygen atoms in total. The fourth-order valence-electron chi connectivity index (χ4n) is 2.09. The average Bonchev–Trinajstić information content (AvgIpc) is 2.57. The third-order valence-corrected chi connectivity index (χ3v) is 3.15. The van der Waals surface area contributed by atoms with E-state index >= 15 is 0 Å². The summed E-state index contributed by atoms with van der Waals surface area (Å²) >= 11 is 0. The van der Waals surface area contributed by atoms with Crippen molar-refractivity contribution in [2.24, 2.45) is 0 Å². The van der Waals surface area contributed by atoms with Gasteiger partial charge in [0.15, 0.2) is 0 Å². The summed E-state index contributed by atoms with van der Waals surface area (Å²) < 4.78 is 5.51. The summed E-state index contributed by atoms with van der Waals surface area (Å²) in [6.45, 7) is 0. The van der Waals surface area contributed by atoms with Crippen LogP contribution in [0.4, 0.5) is 5.69 Å². The van der Waals surface area contributed by atoms with Gasteiger partial charge in [-0.2, -0.15) is 5.26 Å². The van der Waals surface area contributed by atoms with E-state index in [0.717, 1.165) is 6.07 Å². The molecule has 1 aromatic heterocycles. The zero-order valence-electron chi connectivity index (χ0n) is 11.5. The van der Waals surface area contributed by atoms with E-state index in [4.69, 9.17) is 10.00 Å². The fourth-order valence-corrected chi connectivity index (χ4v) is 2.09. The standard InChI is InChI=1S/C15H8N4O4/c16-8-9-5-6-13(12(7-9)19(21)22)23-15-11-4-2-1-3-10(11)14(20)17-18-15/h1-7H,(H,17,20). The van der Waals surface area contributed by atoms with Crippen molar-refractivity contribution >= 4 is 16.5 Å². The van der Waals surface area contributed by atoms with Crippen LogP contribution < -0.4 is 10.3 Å². The zero-order valence-corrected chi connectivity index (χ0v) is 11.5. The van der Waals surface area contributed by atoms with Gasteiger partial charge in [0.25, 0.3) is 5.56 Å². The highest BCUT2D eigenvalue weighted by Gasteiger charge is 2.18. The summed E-state index contributed by atoms with van der Waals surface area (Å²) in [6, 6.07) is 12.3. The molecular formula is C15H8N4O4. The van der Waals surface area contributed by atoms with Gasteiger partial charge in [0, 0.05) is 6.07 Å². The summed E-state index contributed by atoms with van der Waals surface area (Å²) in [4.78, 5) is 22.2. The number of nitrogens with one attached hydrogen (secondary N) is 1. The molecule has 1 heterocycles. The molecule has 0 aliphatic heterocycles. The number of hydrogen-bond acceptors (Lipinski definition) is 6. The number of benzene rings is 2. The molecule has 3 aromatic rings. The van der Waals surface area contributed by atoms with E-state index in [-0.39, 0.29) is 28.4 Å². The number of aromatic amines is 1. The number of aromatic nitrogens is 2. The Morgan fingerprint density at radius 1 is 1.22 bits per heavy atom. The maximum atomic E-state index is 11.7. The first-order valence-corrected chi connectivity index (χ1v) is 6.44. The highest BCUT2D eigenvalue weighted by Crippen LogP contribution is 2.33. The minimum Gasteiger partial charge on any atom is -0.430 e. The van der Waals surface area contributed by atoms with E-state index in [1.807, 2.05) is 6.07 Å². The second kappa shape index (κ2) is 5.57. The molecule has 23 heavy (non-hydrogen) atoms. The van der Waals surface area contributed by atoms with Gasteiger partial charge in [-0.05, 0) is 24.3 Å². The molecule has 0 atom stereocenters. The van der Waals surface area contributed by atoms with Gasteiger partial charge in [-0.15, -0.1) is 5.10 Å². The quantitative estimate of drug-likeness (QED) is 0.586. The summed E-state index contributed by atoms with van der Waals surface area (Å²) in [7, 11) is 0. The predicted octanol–water partition coefficient (Wildman–Crippen LogP) is 2.50. The van der Waals surface area contributed by atoms with Crippen LogP contribution in [0.1, 0.15) is 5.56 Å². The van der Waals surface area contributed by atoms with E-state index in [0.29, 0.717) is 10.8 Å². The summed E-state index contributed by atoms with van der Waals surface area (Å²) in [6.07, 6.45) is 0. The highest BCUT2D eigenvalue weighted by atomic mass is 16.6. The molecule has 1 N–H and O–H groups in total. The Morgan fingerprint density at radius 2 is 1.96 bits per heavy atom. The van der Waals surface area contributed by atoms with Crippen molar-refractivity contribution in [1.29, 1.82) is 5.26 Å². The largest absolute Gasteiger partial charge is 0.430 e. The number of fused-ring (bicyclic) bond motifs is 1. The van der Waals surface area contributed by atoms with Crippen LogP contribution in [0.5, 0.6) is 11.6 Å². The van der Waals surface area contributed by atoms with E-state index in [2.05, 4.69) is 10.2 Å². The van der Waals surface area contributed by atoms with Crippen molar-refractivity contribution in [2.75, 3.05) is 0 Å². The van der Waals surface area contributed by atoms with Crippen LogP contribution in [0, 0.1) is 21.4 Å². The summed E-state index contributed by atoms with van der Waals surface area (Å²) in [5.41, 5.74) is -0.605. The van der Waals surface area contributed by atoms with Gasteiger partial charge in [0.1, 0.15) is 0 Å². The molecule has 8 heteroatoms. The third-order valence-electron chi connectivity index (χ3n) is 3.15. The lowest BCUT2D eigenvalue weighted by atomic mass is 10.2. The van der Waals surface area contributed by atoms with Crippen LogP contribution in [0.2, 0.25) is 0 Å². The van der Waals surface area contributed by atoms with Gasteiger partial charge < -0.3 is 4.74 Å². The Kier molecular flexibility index (Phi) is 3.44. The zero-order chi connectivity index (χ0) is 16.4. The topological polar surface area (TPSA) is 122 Å². The first-order chi connectivity index (χ1) is 11.1. The molecule has 0 radical (unpaired) electrons. The minimum atomic E-state index is -0.649. The van der Waals surface area contributed by atoms with Crippen molar-refractivity contribution in [3.8, 4) is 17.7 Å². The fraction of sp³-hybridized carbons (Fsp3) is 0. The number of nitriles is 1. The van der Waals surface area contributed by atoms with Gasteiger partial charge in [-0.3, -0.25) is 14.9 Å². The van der Waals surface area contributed by atoms with Crippen LogP contribution >= 0.6 is 0 Å². The van der Waals surface area contributed by atoms with Crippen LogP contribution in [0.25, 0.3) is 10.8 Å². The Hall–Kier alpha value is -3.73. The average molecular weight is 308 g/mol. The Balaban J connectivity index is 2.14. The number of nitro benzene ring substituents is 1.